The van der Waals surface area contributed by atoms with Gasteiger partial charge in [-0.3, -0.25) is 4.79 Å². The van der Waals surface area contributed by atoms with Crippen LogP contribution in [-0.4, -0.2) is 45.4 Å². The highest BCUT2D eigenvalue weighted by Crippen LogP contribution is 2.26. The summed E-state index contributed by atoms with van der Waals surface area (Å²) in [5.41, 5.74) is 2.18. The molecule has 24 heavy (non-hydrogen) atoms. The molecule has 0 saturated carbocycles. The van der Waals surface area contributed by atoms with Gasteiger partial charge in [-0.25, -0.2) is 9.13 Å². The van der Waals surface area contributed by atoms with Gasteiger partial charge in [0.25, 0.3) is 5.91 Å². The highest BCUT2D eigenvalue weighted by atomic mass is 32.2. The molecule has 1 atom stereocenters. The number of para-hydroxylation sites is 2. The van der Waals surface area contributed by atoms with Crippen molar-refractivity contribution in [2.45, 2.75) is 50.0 Å². The van der Waals surface area contributed by atoms with Crippen LogP contribution in [0.5, 0.6) is 0 Å². The molecule has 1 N–H and O–H groups in total. The predicted molar refractivity (Wildman–Crippen MR) is 93.9 cm³/mol. The van der Waals surface area contributed by atoms with E-state index < -0.39 is 0 Å². The molecule has 2 aromatic rings. The predicted octanol–water partition coefficient (Wildman–Crippen LogP) is 1.80. The van der Waals surface area contributed by atoms with Crippen LogP contribution in [0.2, 0.25) is 0 Å². The molecular weight excluding hydrogens is 322 g/mol. The number of amides is 1. The molecule has 4 rings (SSSR count). The second-order valence-electron chi connectivity index (χ2n) is 6.73. The van der Waals surface area contributed by atoms with Crippen LogP contribution in [0.3, 0.4) is 0 Å². The lowest BCUT2D eigenvalue weighted by Crippen LogP contribution is -2.46. The van der Waals surface area contributed by atoms with Crippen LogP contribution >= 0.6 is 11.8 Å². The van der Waals surface area contributed by atoms with Crippen molar-refractivity contribution in [3.63, 3.8) is 0 Å². The van der Waals surface area contributed by atoms with Crippen molar-refractivity contribution < 1.29 is 14.5 Å². The minimum absolute atomic E-state index is 0.216. The number of benzene rings is 1. The maximum atomic E-state index is 12.8. The Balaban J connectivity index is 1.67. The van der Waals surface area contributed by atoms with Gasteiger partial charge in [-0.1, -0.05) is 25.0 Å². The number of carbonyl (C=O) groups excluding carboxylic acids is 1. The number of nitrogens with zero attached hydrogens (tertiary/aromatic N) is 3. The summed E-state index contributed by atoms with van der Waals surface area (Å²) in [4.78, 5) is 14.9. The number of carbonyl (C=O) groups is 1. The van der Waals surface area contributed by atoms with Gasteiger partial charge in [0.15, 0.2) is 17.6 Å². The standard InChI is InChI=1S/C18H24N3O2S/c22-14-11-20-15-7-3-4-8-16(15)21(18(20)24-13-14)12-17(23)19-9-5-1-2-6-10-19/h3-4,7-8,14,22H,1-2,5-6,9-13H2/q+1/t14-/m1/s1. The highest BCUT2D eigenvalue weighted by Gasteiger charge is 2.33. The van der Waals surface area contributed by atoms with E-state index in [0.717, 1.165) is 42.1 Å². The van der Waals surface area contributed by atoms with E-state index in [0.29, 0.717) is 18.8 Å². The van der Waals surface area contributed by atoms with Gasteiger partial charge in [0, 0.05) is 18.8 Å². The smallest absolute Gasteiger partial charge is 0.319 e. The zero-order chi connectivity index (χ0) is 16.5. The molecular formula is C18H24N3O2S+. The molecule has 0 aliphatic carbocycles. The van der Waals surface area contributed by atoms with Crippen molar-refractivity contribution >= 4 is 28.7 Å². The van der Waals surface area contributed by atoms with Crippen LogP contribution in [0.4, 0.5) is 0 Å². The van der Waals surface area contributed by atoms with E-state index >= 15 is 0 Å². The molecule has 0 unspecified atom stereocenters. The van der Waals surface area contributed by atoms with E-state index in [1.165, 1.54) is 12.8 Å². The number of imidazole rings is 1. The third-order valence-electron chi connectivity index (χ3n) is 4.98. The summed E-state index contributed by atoms with van der Waals surface area (Å²) in [5, 5.41) is 11.1. The fraction of sp³-hybridized carbons (Fsp3) is 0.556. The molecule has 0 radical (unpaired) electrons. The topological polar surface area (TPSA) is 49.4 Å². The summed E-state index contributed by atoms with van der Waals surface area (Å²) in [7, 11) is 0. The number of aromatic nitrogens is 2. The number of aliphatic hydroxyl groups is 1. The molecule has 0 bridgehead atoms. The number of fused-ring (bicyclic) bond motifs is 3. The van der Waals surface area contributed by atoms with E-state index in [1.807, 2.05) is 17.0 Å². The van der Waals surface area contributed by atoms with Crippen LogP contribution < -0.4 is 4.57 Å². The Kier molecular flexibility index (Phi) is 4.50. The van der Waals surface area contributed by atoms with E-state index in [4.69, 9.17) is 0 Å². The molecule has 0 spiro atoms. The highest BCUT2D eigenvalue weighted by molar-refractivity contribution is 7.99. The van der Waals surface area contributed by atoms with Crippen molar-refractivity contribution in [1.29, 1.82) is 0 Å². The molecule has 128 valence electrons. The van der Waals surface area contributed by atoms with Gasteiger partial charge in [-0.2, -0.15) is 0 Å². The minimum atomic E-state index is -0.326. The fourth-order valence-electron chi connectivity index (χ4n) is 3.75. The fourth-order valence-corrected chi connectivity index (χ4v) is 4.84. The molecule has 2 aliphatic rings. The second-order valence-corrected chi connectivity index (χ2v) is 7.72. The van der Waals surface area contributed by atoms with Gasteiger partial charge < -0.3 is 10.0 Å². The SMILES string of the molecule is O=C(Cn1c2[n+](c3ccccc31)C[C@@H](O)CS2)N1CCCCCC1. The summed E-state index contributed by atoms with van der Waals surface area (Å²) in [6, 6.07) is 8.18. The molecule has 1 aromatic heterocycles. The van der Waals surface area contributed by atoms with Crippen LogP contribution in [-0.2, 0) is 17.9 Å². The van der Waals surface area contributed by atoms with Crippen LogP contribution in [0.15, 0.2) is 29.4 Å². The lowest BCUT2D eigenvalue weighted by Gasteiger charge is -2.20. The van der Waals surface area contributed by atoms with Crippen LogP contribution in [0, 0.1) is 0 Å². The molecule has 2 aliphatic heterocycles. The first-order valence-corrected chi connectivity index (χ1v) is 9.82. The molecule has 1 amide bonds. The Morgan fingerprint density at radius 3 is 2.75 bits per heavy atom. The number of thioether (sulfide) groups is 1. The van der Waals surface area contributed by atoms with Gasteiger partial charge in [0.2, 0.25) is 0 Å². The Labute approximate surface area is 146 Å². The third-order valence-corrected chi connectivity index (χ3v) is 6.23. The summed E-state index contributed by atoms with van der Waals surface area (Å²) >= 11 is 1.65. The minimum Gasteiger partial charge on any atom is -0.388 e. The monoisotopic (exact) mass is 346 g/mol. The maximum Gasteiger partial charge on any atom is 0.319 e. The number of hydrogen-bond acceptors (Lipinski definition) is 3. The number of aliphatic hydroxyl groups excluding tert-OH is 1. The third kappa shape index (κ3) is 2.93. The average molecular weight is 346 g/mol. The first kappa shape index (κ1) is 16.0. The number of rotatable bonds is 2. The lowest BCUT2D eigenvalue weighted by atomic mass is 10.2. The Bertz CT molecular complexity index is 750. The van der Waals surface area contributed by atoms with Crippen molar-refractivity contribution in [3.8, 4) is 0 Å². The zero-order valence-corrected chi connectivity index (χ0v) is 14.7. The van der Waals surface area contributed by atoms with E-state index in [2.05, 4.69) is 21.3 Å². The van der Waals surface area contributed by atoms with E-state index in [9.17, 15) is 9.90 Å². The first-order valence-electron chi connectivity index (χ1n) is 8.84. The van der Waals surface area contributed by atoms with Crippen LogP contribution in [0.1, 0.15) is 25.7 Å². The number of hydrogen-bond donors (Lipinski definition) is 1. The van der Waals surface area contributed by atoms with E-state index in [1.54, 1.807) is 11.8 Å². The zero-order valence-electron chi connectivity index (χ0n) is 13.9. The van der Waals surface area contributed by atoms with Gasteiger partial charge >= 0.3 is 5.16 Å². The van der Waals surface area contributed by atoms with Crippen LogP contribution in [0.25, 0.3) is 11.0 Å². The number of likely N-dealkylation sites (tertiary alicyclic amines) is 1. The molecule has 5 nitrogen and oxygen atoms in total. The Morgan fingerprint density at radius 1 is 1.21 bits per heavy atom. The molecule has 3 heterocycles. The molecule has 6 heteroatoms. The van der Waals surface area contributed by atoms with Gasteiger partial charge in [-0.15, -0.1) is 0 Å². The van der Waals surface area contributed by atoms with Crippen molar-refractivity contribution in [2.24, 2.45) is 0 Å². The molecule has 1 fully saturated rings. The van der Waals surface area contributed by atoms with Crippen molar-refractivity contribution in [1.82, 2.24) is 9.47 Å². The van der Waals surface area contributed by atoms with Gasteiger partial charge in [0.05, 0.1) is 0 Å². The van der Waals surface area contributed by atoms with E-state index in [-0.39, 0.29) is 12.0 Å². The Morgan fingerprint density at radius 2 is 1.96 bits per heavy atom. The summed E-state index contributed by atoms with van der Waals surface area (Å²) < 4.78 is 4.29. The molecule has 1 saturated heterocycles. The van der Waals surface area contributed by atoms with Crippen molar-refractivity contribution in [2.75, 3.05) is 18.8 Å². The summed E-state index contributed by atoms with van der Waals surface area (Å²) in [5.74, 6) is 0.904. The largest absolute Gasteiger partial charge is 0.388 e. The maximum absolute atomic E-state index is 12.8. The summed E-state index contributed by atoms with van der Waals surface area (Å²) in [6.45, 7) is 2.78. The van der Waals surface area contributed by atoms with Gasteiger partial charge in [0.1, 0.15) is 12.6 Å². The summed E-state index contributed by atoms with van der Waals surface area (Å²) in [6.07, 6.45) is 4.37. The molecule has 1 aromatic carbocycles. The first-order chi connectivity index (χ1) is 11.7. The van der Waals surface area contributed by atoms with Gasteiger partial charge in [-0.05, 0) is 36.7 Å². The Hall–Kier alpha value is -1.53. The average Bonchev–Trinajstić information content (AvgIpc) is 2.78. The quantitative estimate of drug-likeness (QED) is 0.844. The normalized spacial score (nSPS) is 21.5. The second kappa shape index (κ2) is 6.76. The van der Waals surface area contributed by atoms with Crippen molar-refractivity contribution in [3.05, 3.63) is 24.3 Å². The lowest BCUT2D eigenvalue weighted by molar-refractivity contribution is -0.717.